The highest BCUT2D eigenvalue weighted by Crippen LogP contribution is 2.17. The molecule has 0 spiro atoms. The number of halogens is 1. The van der Waals surface area contributed by atoms with E-state index in [4.69, 9.17) is 4.74 Å². The molecule has 1 fully saturated rings. The van der Waals surface area contributed by atoms with Crippen molar-refractivity contribution < 1.29 is 13.9 Å². The van der Waals surface area contributed by atoms with Crippen LogP contribution in [0.4, 0.5) is 10.1 Å². The second-order valence-corrected chi connectivity index (χ2v) is 6.07. The van der Waals surface area contributed by atoms with Crippen molar-refractivity contribution in [3.05, 3.63) is 30.1 Å². The highest BCUT2D eigenvalue weighted by atomic mass is 19.1. The molecule has 0 amide bonds. The van der Waals surface area contributed by atoms with Gasteiger partial charge in [-0.2, -0.15) is 0 Å². The van der Waals surface area contributed by atoms with Gasteiger partial charge in [-0.1, -0.05) is 6.92 Å². The zero-order valence-corrected chi connectivity index (χ0v) is 15.2. The number of esters is 1. The Bertz CT molecular complexity index is 583. The molecule has 2 rings (SSSR count). The molecule has 1 heterocycles. The van der Waals surface area contributed by atoms with Gasteiger partial charge in [0, 0.05) is 38.4 Å². The molecule has 0 aliphatic carbocycles. The lowest BCUT2D eigenvalue weighted by atomic mass is 10.2. The number of piperazine rings is 1. The Morgan fingerprint density at radius 3 is 2.48 bits per heavy atom. The van der Waals surface area contributed by atoms with Crippen LogP contribution < -0.4 is 10.2 Å². The minimum Gasteiger partial charge on any atom is -0.469 e. The van der Waals surface area contributed by atoms with Crippen molar-refractivity contribution in [1.29, 1.82) is 0 Å². The zero-order valence-electron chi connectivity index (χ0n) is 15.2. The predicted molar refractivity (Wildman–Crippen MR) is 97.3 cm³/mol. The average molecular weight is 350 g/mol. The van der Waals surface area contributed by atoms with Crippen LogP contribution in [0.1, 0.15) is 13.8 Å². The molecule has 6 nitrogen and oxygen atoms in total. The SMILES string of the molecule is CCNC(=NCC(C)C(=O)OC)N1CCN(c2ccc(F)cc2)CC1. The van der Waals surface area contributed by atoms with E-state index in [0.29, 0.717) is 6.54 Å². The number of carbonyl (C=O) groups excluding carboxylic acids is 1. The van der Waals surface area contributed by atoms with E-state index in [1.165, 1.54) is 19.2 Å². The van der Waals surface area contributed by atoms with Gasteiger partial charge in [0.05, 0.1) is 19.6 Å². The maximum Gasteiger partial charge on any atom is 0.310 e. The molecule has 1 unspecified atom stereocenters. The minimum absolute atomic E-state index is 0.219. The van der Waals surface area contributed by atoms with Crippen molar-refractivity contribution in [2.75, 3.05) is 51.3 Å². The fourth-order valence-corrected chi connectivity index (χ4v) is 2.75. The summed E-state index contributed by atoms with van der Waals surface area (Å²) in [5, 5.41) is 3.28. The molecule has 138 valence electrons. The average Bonchev–Trinajstić information content (AvgIpc) is 2.65. The molecule has 1 aliphatic heterocycles. The van der Waals surface area contributed by atoms with Gasteiger partial charge in [0.2, 0.25) is 0 Å². The van der Waals surface area contributed by atoms with E-state index in [9.17, 15) is 9.18 Å². The van der Waals surface area contributed by atoms with Gasteiger partial charge in [0.25, 0.3) is 0 Å². The van der Waals surface area contributed by atoms with Gasteiger partial charge in [-0.15, -0.1) is 0 Å². The first-order valence-electron chi connectivity index (χ1n) is 8.66. The second-order valence-electron chi connectivity index (χ2n) is 6.07. The van der Waals surface area contributed by atoms with Crippen LogP contribution in [0.3, 0.4) is 0 Å². The lowest BCUT2D eigenvalue weighted by molar-refractivity contribution is -0.144. The molecule has 1 atom stereocenters. The topological polar surface area (TPSA) is 57.2 Å². The summed E-state index contributed by atoms with van der Waals surface area (Å²) in [6.45, 7) is 8.30. The number of anilines is 1. The van der Waals surface area contributed by atoms with Gasteiger partial charge in [-0.3, -0.25) is 9.79 Å². The zero-order chi connectivity index (χ0) is 18.2. The van der Waals surface area contributed by atoms with Crippen LogP contribution in [0.2, 0.25) is 0 Å². The van der Waals surface area contributed by atoms with Crippen molar-refractivity contribution in [1.82, 2.24) is 10.2 Å². The Morgan fingerprint density at radius 2 is 1.92 bits per heavy atom. The van der Waals surface area contributed by atoms with E-state index in [1.54, 1.807) is 0 Å². The third-order valence-corrected chi connectivity index (χ3v) is 4.22. The van der Waals surface area contributed by atoms with E-state index in [2.05, 4.69) is 20.1 Å². The first-order valence-corrected chi connectivity index (χ1v) is 8.66. The molecule has 0 radical (unpaired) electrons. The molecule has 0 aromatic heterocycles. The van der Waals surface area contributed by atoms with Crippen LogP contribution in [0, 0.1) is 11.7 Å². The summed E-state index contributed by atoms with van der Waals surface area (Å²) in [7, 11) is 1.39. The number of benzene rings is 1. The Hall–Kier alpha value is -2.31. The maximum absolute atomic E-state index is 13.1. The Balaban J connectivity index is 1.95. The number of methoxy groups -OCH3 is 1. The second kappa shape index (κ2) is 9.25. The first kappa shape index (κ1) is 19.0. The number of rotatable bonds is 5. The molecule has 7 heteroatoms. The normalized spacial score (nSPS) is 16.6. The number of carbonyl (C=O) groups is 1. The fraction of sp³-hybridized carbons (Fsp3) is 0.556. The smallest absolute Gasteiger partial charge is 0.310 e. The third-order valence-electron chi connectivity index (χ3n) is 4.22. The van der Waals surface area contributed by atoms with Crippen LogP contribution in [0.25, 0.3) is 0 Å². The third kappa shape index (κ3) is 5.34. The molecule has 1 N–H and O–H groups in total. The van der Waals surface area contributed by atoms with Gasteiger partial charge in [0.1, 0.15) is 5.82 Å². The van der Waals surface area contributed by atoms with Crippen molar-refractivity contribution in [3.8, 4) is 0 Å². The monoisotopic (exact) mass is 350 g/mol. The molecule has 1 aromatic carbocycles. The quantitative estimate of drug-likeness (QED) is 0.498. The maximum atomic E-state index is 13.1. The number of nitrogens with zero attached hydrogens (tertiary/aromatic N) is 3. The standard InChI is InChI=1S/C18H27FN4O2/c1-4-20-18(21-13-14(2)17(24)25-3)23-11-9-22(10-12-23)16-7-5-15(19)6-8-16/h5-8,14H,4,9-13H2,1-3H3,(H,20,21). The summed E-state index contributed by atoms with van der Waals surface area (Å²) < 4.78 is 17.8. The predicted octanol–water partition coefficient (Wildman–Crippen LogP) is 1.72. The van der Waals surface area contributed by atoms with Crippen molar-refractivity contribution >= 4 is 17.6 Å². The van der Waals surface area contributed by atoms with Gasteiger partial charge in [-0.25, -0.2) is 4.39 Å². The number of ether oxygens (including phenoxy) is 1. The van der Waals surface area contributed by atoms with Crippen molar-refractivity contribution in [3.63, 3.8) is 0 Å². The van der Waals surface area contributed by atoms with Gasteiger partial charge < -0.3 is 19.9 Å². The molecular formula is C18H27FN4O2. The highest BCUT2D eigenvalue weighted by Gasteiger charge is 2.20. The van der Waals surface area contributed by atoms with Crippen LogP contribution in [-0.4, -0.2) is 63.2 Å². The van der Waals surface area contributed by atoms with E-state index < -0.39 is 0 Å². The van der Waals surface area contributed by atoms with E-state index in [0.717, 1.165) is 44.4 Å². The summed E-state index contributed by atoms with van der Waals surface area (Å²) in [5.41, 5.74) is 1.03. The Kier molecular flexibility index (Phi) is 7.03. The van der Waals surface area contributed by atoms with Crippen LogP contribution in [0.5, 0.6) is 0 Å². The molecular weight excluding hydrogens is 323 g/mol. The van der Waals surface area contributed by atoms with Crippen LogP contribution >= 0.6 is 0 Å². The summed E-state index contributed by atoms with van der Waals surface area (Å²) in [6, 6.07) is 6.59. The number of guanidine groups is 1. The molecule has 0 saturated carbocycles. The minimum atomic E-state index is -0.265. The van der Waals surface area contributed by atoms with E-state index in [1.807, 2.05) is 26.0 Å². The lowest BCUT2D eigenvalue weighted by Gasteiger charge is -2.37. The molecule has 1 saturated heterocycles. The van der Waals surface area contributed by atoms with Crippen molar-refractivity contribution in [2.24, 2.45) is 10.9 Å². The number of hydrogen-bond donors (Lipinski definition) is 1. The number of aliphatic imine (C=N–C) groups is 1. The molecule has 25 heavy (non-hydrogen) atoms. The highest BCUT2D eigenvalue weighted by molar-refractivity contribution is 5.81. The largest absolute Gasteiger partial charge is 0.469 e. The summed E-state index contributed by atoms with van der Waals surface area (Å²) in [5.74, 6) is 0.0839. The van der Waals surface area contributed by atoms with Gasteiger partial charge >= 0.3 is 5.97 Å². The molecule has 1 aliphatic rings. The van der Waals surface area contributed by atoms with E-state index >= 15 is 0 Å². The van der Waals surface area contributed by atoms with Crippen molar-refractivity contribution in [2.45, 2.75) is 13.8 Å². The molecule has 1 aromatic rings. The summed E-state index contributed by atoms with van der Waals surface area (Å²) >= 11 is 0. The number of hydrogen-bond acceptors (Lipinski definition) is 4. The van der Waals surface area contributed by atoms with E-state index in [-0.39, 0.29) is 17.7 Å². The van der Waals surface area contributed by atoms with Crippen LogP contribution in [0.15, 0.2) is 29.3 Å². The fourth-order valence-electron chi connectivity index (χ4n) is 2.75. The van der Waals surface area contributed by atoms with Crippen LogP contribution in [-0.2, 0) is 9.53 Å². The van der Waals surface area contributed by atoms with Gasteiger partial charge in [-0.05, 0) is 31.2 Å². The Labute approximate surface area is 148 Å². The summed E-state index contributed by atoms with van der Waals surface area (Å²) in [6.07, 6.45) is 0. The van der Waals surface area contributed by atoms with Gasteiger partial charge in [0.15, 0.2) is 5.96 Å². The summed E-state index contributed by atoms with van der Waals surface area (Å²) in [4.78, 5) is 20.5. The first-order chi connectivity index (χ1) is 12.0. The molecule has 0 bridgehead atoms. The number of nitrogens with one attached hydrogen (secondary N) is 1. The Morgan fingerprint density at radius 1 is 1.28 bits per heavy atom. The lowest BCUT2D eigenvalue weighted by Crippen LogP contribution is -2.52.